The molecule has 0 amide bonds. The van der Waals surface area contributed by atoms with Crippen molar-refractivity contribution in [2.45, 2.75) is 39.8 Å². The van der Waals surface area contributed by atoms with Gasteiger partial charge in [0.15, 0.2) is 0 Å². The van der Waals surface area contributed by atoms with E-state index >= 15 is 0 Å². The number of pyridine rings is 1. The lowest BCUT2D eigenvalue weighted by molar-refractivity contribution is 0.439. The maximum atomic E-state index is 4.38. The van der Waals surface area contributed by atoms with Crippen LogP contribution < -0.4 is 5.32 Å². The van der Waals surface area contributed by atoms with E-state index in [-0.39, 0.29) is 0 Å². The Hall–Kier alpha value is -0.410. The molecule has 0 aliphatic heterocycles. The first kappa shape index (κ1) is 12.7. The predicted octanol–water partition coefficient (Wildman–Crippen LogP) is 3.37. The van der Waals surface area contributed by atoms with Gasteiger partial charge in [-0.05, 0) is 47.3 Å². The summed E-state index contributed by atoms with van der Waals surface area (Å²) in [6.45, 7) is 7.55. The van der Waals surface area contributed by atoms with Gasteiger partial charge in [-0.1, -0.05) is 19.9 Å². The summed E-state index contributed by atoms with van der Waals surface area (Å²) in [4.78, 5) is 4.38. The molecule has 1 atom stereocenters. The lowest BCUT2D eigenvalue weighted by atomic mass is 10.1. The predicted molar refractivity (Wildman–Crippen MR) is 67.7 cm³/mol. The van der Waals surface area contributed by atoms with Crippen molar-refractivity contribution in [3.8, 4) is 0 Å². The van der Waals surface area contributed by atoms with Gasteiger partial charge in [0.25, 0.3) is 0 Å². The summed E-state index contributed by atoms with van der Waals surface area (Å²) < 4.78 is 0.901. The molecule has 1 rings (SSSR count). The van der Waals surface area contributed by atoms with Gasteiger partial charge in [-0.25, -0.2) is 4.98 Å². The van der Waals surface area contributed by atoms with Crippen LogP contribution in [0.2, 0.25) is 0 Å². The molecule has 1 aromatic heterocycles. The van der Waals surface area contributed by atoms with Crippen LogP contribution >= 0.6 is 15.9 Å². The van der Waals surface area contributed by atoms with Gasteiger partial charge in [0.05, 0.1) is 5.69 Å². The van der Waals surface area contributed by atoms with Crippen molar-refractivity contribution in [2.24, 2.45) is 5.92 Å². The van der Waals surface area contributed by atoms with Crippen molar-refractivity contribution in [3.05, 3.63) is 28.5 Å². The van der Waals surface area contributed by atoms with Crippen LogP contribution in [0, 0.1) is 5.92 Å². The molecule has 1 aromatic rings. The normalized spacial score (nSPS) is 13.1. The fraction of sp³-hybridized carbons (Fsp3) is 0.583. The van der Waals surface area contributed by atoms with Crippen LogP contribution in [0.15, 0.2) is 22.8 Å². The Labute approximate surface area is 101 Å². The Morgan fingerprint density at radius 3 is 2.67 bits per heavy atom. The molecule has 0 aliphatic rings. The van der Waals surface area contributed by atoms with Crippen molar-refractivity contribution in [2.75, 3.05) is 0 Å². The molecule has 15 heavy (non-hydrogen) atoms. The highest BCUT2D eigenvalue weighted by Crippen LogP contribution is 2.07. The van der Waals surface area contributed by atoms with Gasteiger partial charge in [0.2, 0.25) is 0 Å². The van der Waals surface area contributed by atoms with E-state index in [1.165, 1.54) is 6.42 Å². The van der Waals surface area contributed by atoms with Crippen molar-refractivity contribution in [1.29, 1.82) is 0 Å². The van der Waals surface area contributed by atoms with E-state index in [1.807, 2.05) is 18.2 Å². The summed E-state index contributed by atoms with van der Waals surface area (Å²) in [5.74, 6) is 0.739. The highest BCUT2D eigenvalue weighted by Gasteiger charge is 2.04. The van der Waals surface area contributed by atoms with Gasteiger partial charge in [0.1, 0.15) is 4.60 Å². The lowest BCUT2D eigenvalue weighted by Gasteiger charge is -2.15. The van der Waals surface area contributed by atoms with Gasteiger partial charge in [-0.2, -0.15) is 0 Å². The van der Waals surface area contributed by atoms with Crippen molar-refractivity contribution in [1.82, 2.24) is 10.3 Å². The molecule has 0 radical (unpaired) electrons. The standard InChI is InChI=1S/C12H19BrN2/c1-9(2)7-10(3)14-8-11-5-4-6-12(13)15-11/h4-6,9-10,14H,7-8H2,1-3H3. The van der Waals surface area contributed by atoms with E-state index in [0.29, 0.717) is 6.04 Å². The smallest absolute Gasteiger partial charge is 0.106 e. The summed E-state index contributed by atoms with van der Waals surface area (Å²) in [5, 5.41) is 3.47. The summed E-state index contributed by atoms with van der Waals surface area (Å²) in [5.41, 5.74) is 1.08. The third-order valence-electron chi connectivity index (χ3n) is 2.23. The Morgan fingerprint density at radius 2 is 2.07 bits per heavy atom. The zero-order chi connectivity index (χ0) is 11.3. The molecule has 0 spiro atoms. The second-order valence-corrected chi connectivity index (χ2v) is 5.18. The fourth-order valence-corrected chi connectivity index (χ4v) is 2.00. The largest absolute Gasteiger partial charge is 0.309 e. The third-order valence-corrected chi connectivity index (χ3v) is 2.67. The van der Waals surface area contributed by atoms with E-state index in [2.05, 4.69) is 47.0 Å². The van der Waals surface area contributed by atoms with Crippen molar-refractivity contribution < 1.29 is 0 Å². The van der Waals surface area contributed by atoms with Gasteiger partial charge in [0, 0.05) is 12.6 Å². The molecule has 0 saturated carbocycles. The molecule has 3 heteroatoms. The van der Waals surface area contributed by atoms with Gasteiger partial charge >= 0.3 is 0 Å². The molecule has 1 N–H and O–H groups in total. The highest BCUT2D eigenvalue weighted by atomic mass is 79.9. The van der Waals surface area contributed by atoms with Crippen LogP contribution in [-0.2, 0) is 6.54 Å². The maximum Gasteiger partial charge on any atom is 0.106 e. The van der Waals surface area contributed by atoms with Gasteiger partial charge < -0.3 is 5.32 Å². The summed E-state index contributed by atoms with van der Waals surface area (Å²) >= 11 is 3.37. The Morgan fingerprint density at radius 1 is 1.33 bits per heavy atom. The molecule has 0 bridgehead atoms. The van der Waals surface area contributed by atoms with Crippen LogP contribution in [-0.4, -0.2) is 11.0 Å². The topological polar surface area (TPSA) is 24.9 Å². The molecule has 84 valence electrons. The van der Waals surface area contributed by atoms with Gasteiger partial charge in [-0.3, -0.25) is 0 Å². The minimum atomic E-state index is 0.547. The number of aromatic nitrogens is 1. The van der Waals surface area contributed by atoms with E-state index < -0.39 is 0 Å². The molecule has 2 nitrogen and oxygen atoms in total. The van der Waals surface area contributed by atoms with Crippen molar-refractivity contribution in [3.63, 3.8) is 0 Å². The first-order valence-electron chi connectivity index (χ1n) is 5.42. The van der Waals surface area contributed by atoms with Crippen LogP contribution in [0.1, 0.15) is 32.9 Å². The third kappa shape index (κ3) is 5.28. The number of hydrogen-bond donors (Lipinski definition) is 1. The lowest BCUT2D eigenvalue weighted by Crippen LogP contribution is -2.27. The molecule has 0 aromatic carbocycles. The van der Waals surface area contributed by atoms with Gasteiger partial charge in [-0.15, -0.1) is 0 Å². The minimum absolute atomic E-state index is 0.547. The summed E-state index contributed by atoms with van der Waals surface area (Å²) in [7, 11) is 0. The molecule has 0 saturated heterocycles. The number of halogens is 1. The SMILES string of the molecule is CC(C)CC(C)NCc1cccc(Br)n1. The average Bonchev–Trinajstić information content (AvgIpc) is 2.14. The van der Waals surface area contributed by atoms with E-state index in [9.17, 15) is 0 Å². The zero-order valence-electron chi connectivity index (χ0n) is 9.63. The second-order valence-electron chi connectivity index (χ2n) is 4.36. The molecule has 1 heterocycles. The van der Waals surface area contributed by atoms with E-state index in [1.54, 1.807) is 0 Å². The molecular formula is C12H19BrN2. The quantitative estimate of drug-likeness (QED) is 0.830. The molecule has 1 unspecified atom stereocenters. The Bertz CT molecular complexity index is 299. The summed E-state index contributed by atoms with van der Waals surface area (Å²) in [6.07, 6.45) is 1.20. The van der Waals surface area contributed by atoms with Crippen LogP contribution in [0.3, 0.4) is 0 Å². The van der Waals surface area contributed by atoms with Crippen molar-refractivity contribution >= 4 is 15.9 Å². The van der Waals surface area contributed by atoms with Crippen LogP contribution in [0.5, 0.6) is 0 Å². The maximum absolute atomic E-state index is 4.38. The number of nitrogens with zero attached hydrogens (tertiary/aromatic N) is 1. The second kappa shape index (κ2) is 6.23. The Balaban J connectivity index is 2.36. The molecule has 0 fully saturated rings. The minimum Gasteiger partial charge on any atom is -0.309 e. The number of nitrogens with one attached hydrogen (secondary N) is 1. The monoisotopic (exact) mass is 270 g/mol. The first-order valence-corrected chi connectivity index (χ1v) is 6.22. The fourth-order valence-electron chi connectivity index (χ4n) is 1.62. The molecule has 0 aliphatic carbocycles. The van der Waals surface area contributed by atoms with Crippen LogP contribution in [0.4, 0.5) is 0 Å². The van der Waals surface area contributed by atoms with E-state index in [4.69, 9.17) is 0 Å². The number of rotatable bonds is 5. The molecular weight excluding hydrogens is 252 g/mol. The Kier molecular flexibility index (Phi) is 5.26. The highest BCUT2D eigenvalue weighted by molar-refractivity contribution is 9.10. The average molecular weight is 271 g/mol. The summed E-state index contributed by atoms with van der Waals surface area (Å²) in [6, 6.07) is 6.55. The van der Waals surface area contributed by atoms with Crippen LogP contribution in [0.25, 0.3) is 0 Å². The number of hydrogen-bond acceptors (Lipinski definition) is 2. The first-order chi connectivity index (χ1) is 7.08. The zero-order valence-corrected chi connectivity index (χ0v) is 11.2. The van der Waals surface area contributed by atoms with E-state index in [0.717, 1.165) is 22.8 Å².